The number of carbonyl (C=O) groups is 1. The monoisotopic (exact) mass is 588 g/mol. The van der Waals surface area contributed by atoms with E-state index in [-0.39, 0.29) is 23.2 Å². The maximum Gasteiger partial charge on any atom is 0.416 e. The first-order valence-electron chi connectivity index (χ1n) is 16.1. The van der Waals surface area contributed by atoms with Crippen molar-refractivity contribution in [1.29, 1.82) is 0 Å². The topological polar surface area (TPSA) is 26.3 Å². The van der Waals surface area contributed by atoms with Crippen molar-refractivity contribution in [3.8, 4) is 0 Å². The molecular formula is C35H51F3O2Si. The minimum absolute atomic E-state index is 0.00241. The van der Waals surface area contributed by atoms with Crippen LogP contribution in [-0.4, -0.2) is 25.9 Å². The first-order chi connectivity index (χ1) is 19.1. The van der Waals surface area contributed by atoms with Crippen LogP contribution >= 0.6 is 0 Å². The SMILES string of the molecule is C[C@H](CCC(C)(O[Si](C)(C)c1ccccc1)C(F)(F)F)[C@H]1CC[C@H]2[C@@H]3CC=C4CCC(=O)CC[C@]4(C)[C@H]3CC[C@]12C. The summed E-state index contributed by atoms with van der Waals surface area (Å²) in [7, 11) is -2.77. The van der Waals surface area contributed by atoms with Crippen LogP contribution in [0.2, 0.25) is 13.1 Å². The van der Waals surface area contributed by atoms with Crippen LogP contribution in [0.25, 0.3) is 0 Å². The molecule has 0 amide bonds. The normalized spacial score (nSPS) is 36.3. The Bertz CT molecular complexity index is 1150. The molecule has 0 N–H and O–H groups in total. The van der Waals surface area contributed by atoms with Crippen molar-refractivity contribution in [3.05, 3.63) is 42.0 Å². The van der Waals surface area contributed by atoms with E-state index < -0.39 is 20.1 Å². The van der Waals surface area contributed by atoms with Gasteiger partial charge in [-0.2, -0.15) is 13.2 Å². The van der Waals surface area contributed by atoms with Crippen LogP contribution in [0.1, 0.15) is 98.3 Å². The van der Waals surface area contributed by atoms with E-state index in [4.69, 9.17) is 4.43 Å². The molecule has 0 spiro atoms. The van der Waals surface area contributed by atoms with Gasteiger partial charge >= 0.3 is 6.18 Å². The van der Waals surface area contributed by atoms with E-state index in [1.807, 2.05) is 43.4 Å². The lowest BCUT2D eigenvalue weighted by molar-refractivity contribution is -0.248. The predicted molar refractivity (Wildman–Crippen MR) is 162 cm³/mol. The number of hydrogen-bond acceptors (Lipinski definition) is 2. The average molecular weight is 589 g/mol. The summed E-state index contributed by atoms with van der Waals surface area (Å²) in [5.74, 6) is 2.96. The largest absolute Gasteiger partial charge is 0.416 e. The summed E-state index contributed by atoms with van der Waals surface area (Å²) in [5, 5.41) is 0.892. The summed E-state index contributed by atoms with van der Waals surface area (Å²) in [6, 6.07) is 9.45. The standard InChI is InChI=1S/C35H51F3O2Si/c1-24(18-23-34(4,35(36,37)38)40-41(5,6)27-10-8-7-9-11-27)29-16-17-30-28-15-13-25-12-14-26(39)19-21-32(25,2)31(28)20-22-33(29,30)3/h7-11,13,24,28-31H,12,14-23H2,1-6H3/t24-,28+,29-,30+,31+,32+,33-,34?/m1/s1. The molecule has 0 aliphatic heterocycles. The van der Waals surface area contributed by atoms with Crippen LogP contribution in [0, 0.1) is 40.4 Å². The van der Waals surface area contributed by atoms with Gasteiger partial charge in [-0.1, -0.05) is 62.8 Å². The first-order valence-corrected chi connectivity index (χ1v) is 19.1. The van der Waals surface area contributed by atoms with Crippen molar-refractivity contribution in [2.75, 3.05) is 0 Å². The number of Topliss-reactive ketones (excluding diaryl/α,β-unsaturated/α-hetero) is 1. The highest BCUT2D eigenvalue weighted by molar-refractivity contribution is 6.84. The third kappa shape index (κ3) is 5.54. The van der Waals surface area contributed by atoms with Crippen molar-refractivity contribution in [1.82, 2.24) is 0 Å². The molecule has 2 nitrogen and oxygen atoms in total. The van der Waals surface area contributed by atoms with Crippen molar-refractivity contribution in [3.63, 3.8) is 0 Å². The Hall–Kier alpha value is -1.40. The summed E-state index contributed by atoms with van der Waals surface area (Å²) in [6.07, 6.45) is 7.69. The minimum atomic E-state index is -4.42. The second-order valence-corrected chi connectivity index (χ2v) is 19.1. The molecule has 8 atom stereocenters. The van der Waals surface area contributed by atoms with Crippen LogP contribution in [0.15, 0.2) is 42.0 Å². The van der Waals surface area contributed by atoms with Crippen LogP contribution in [0.5, 0.6) is 0 Å². The fraction of sp³-hybridized carbons (Fsp3) is 0.743. The molecular weight excluding hydrogens is 537 g/mol. The highest BCUT2D eigenvalue weighted by Gasteiger charge is 2.60. The lowest BCUT2D eigenvalue weighted by Crippen LogP contribution is -2.57. The van der Waals surface area contributed by atoms with Crippen LogP contribution in [-0.2, 0) is 9.22 Å². The molecule has 3 saturated carbocycles. The van der Waals surface area contributed by atoms with Gasteiger partial charge in [-0.05, 0) is 123 Å². The minimum Gasteiger partial charge on any atom is -0.399 e. The number of rotatable bonds is 7. The fourth-order valence-electron chi connectivity index (χ4n) is 10.1. The maximum absolute atomic E-state index is 14.6. The van der Waals surface area contributed by atoms with E-state index >= 15 is 0 Å². The van der Waals surface area contributed by atoms with Gasteiger partial charge in [0.15, 0.2) is 0 Å². The molecule has 4 aliphatic carbocycles. The number of fused-ring (bicyclic) bond motifs is 5. The molecule has 0 radical (unpaired) electrons. The number of ketones is 1. The van der Waals surface area contributed by atoms with Crippen LogP contribution in [0.4, 0.5) is 13.2 Å². The molecule has 6 heteroatoms. The number of hydrogen-bond donors (Lipinski definition) is 0. The van der Waals surface area contributed by atoms with Gasteiger partial charge in [-0.3, -0.25) is 4.79 Å². The zero-order chi connectivity index (χ0) is 29.8. The molecule has 41 heavy (non-hydrogen) atoms. The van der Waals surface area contributed by atoms with Gasteiger partial charge in [0.2, 0.25) is 8.32 Å². The molecule has 0 heterocycles. The lowest BCUT2D eigenvalue weighted by Gasteiger charge is -2.57. The number of alkyl halides is 3. The number of halogens is 3. The van der Waals surface area contributed by atoms with Crippen molar-refractivity contribution in [2.45, 2.75) is 123 Å². The van der Waals surface area contributed by atoms with Gasteiger partial charge < -0.3 is 4.43 Å². The third-order valence-electron chi connectivity index (χ3n) is 12.6. The maximum atomic E-state index is 14.6. The van der Waals surface area contributed by atoms with Gasteiger partial charge in [-0.15, -0.1) is 0 Å². The molecule has 5 rings (SSSR count). The van der Waals surface area contributed by atoms with Gasteiger partial charge in [0.25, 0.3) is 0 Å². The Kier molecular flexibility index (Phi) is 8.29. The number of carbonyl (C=O) groups excluding carboxylic acids is 1. The van der Waals surface area contributed by atoms with Crippen LogP contribution in [0.3, 0.4) is 0 Å². The summed E-state index contributed by atoms with van der Waals surface area (Å²) in [6.45, 7) is 12.1. The summed E-state index contributed by atoms with van der Waals surface area (Å²) < 4.78 is 50.0. The Morgan fingerprint density at radius 1 is 1.00 bits per heavy atom. The van der Waals surface area contributed by atoms with Gasteiger partial charge in [0.05, 0.1) is 0 Å². The second-order valence-electron chi connectivity index (χ2n) is 15.2. The summed E-state index contributed by atoms with van der Waals surface area (Å²) in [5.41, 5.74) is -0.304. The average Bonchev–Trinajstić information content (AvgIpc) is 3.19. The van der Waals surface area contributed by atoms with Crippen molar-refractivity contribution >= 4 is 19.3 Å². The lowest BCUT2D eigenvalue weighted by atomic mass is 9.48. The zero-order valence-corrected chi connectivity index (χ0v) is 27.1. The van der Waals surface area contributed by atoms with E-state index in [0.717, 1.165) is 37.3 Å². The van der Waals surface area contributed by atoms with E-state index in [9.17, 15) is 18.0 Å². The molecule has 1 aromatic carbocycles. The highest BCUT2D eigenvalue weighted by Crippen LogP contribution is 2.67. The van der Waals surface area contributed by atoms with Crippen molar-refractivity contribution in [2.24, 2.45) is 40.4 Å². The van der Waals surface area contributed by atoms with E-state index in [2.05, 4.69) is 26.8 Å². The van der Waals surface area contributed by atoms with E-state index in [0.29, 0.717) is 48.7 Å². The van der Waals surface area contributed by atoms with Crippen molar-refractivity contribution < 1.29 is 22.4 Å². The van der Waals surface area contributed by atoms with Crippen LogP contribution < -0.4 is 5.19 Å². The fourth-order valence-corrected chi connectivity index (χ4v) is 12.5. The Morgan fingerprint density at radius 2 is 1.71 bits per heavy atom. The molecule has 228 valence electrons. The predicted octanol–water partition coefficient (Wildman–Crippen LogP) is 9.39. The first kappa shape index (κ1) is 31.0. The molecule has 1 aromatic rings. The third-order valence-corrected chi connectivity index (χ3v) is 15.3. The van der Waals surface area contributed by atoms with E-state index in [1.165, 1.54) is 25.3 Å². The molecule has 1 unspecified atom stereocenters. The zero-order valence-electron chi connectivity index (χ0n) is 26.1. The van der Waals surface area contributed by atoms with E-state index in [1.54, 1.807) is 0 Å². The Labute approximate surface area is 247 Å². The molecule has 0 bridgehead atoms. The smallest absolute Gasteiger partial charge is 0.399 e. The number of allylic oxidation sites excluding steroid dienone is 2. The Morgan fingerprint density at radius 3 is 2.39 bits per heavy atom. The van der Waals surface area contributed by atoms with Gasteiger partial charge in [-0.25, -0.2) is 0 Å². The number of benzene rings is 1. The summed E-state index contributed by atoms with van der Waals surface area (Å²) in [4.78, 5) is 12.3. The van der Waals surface area contributed by atoms with Gasteiger partial charge in [0, 0.05) is 12.8 Å². The molecule has 0 aromatic heterocycles. The summed E-state index contributed by atoms with van der Waals surface area (Å²) >= 11 is 0. The Balaban J connectivity index is 1.30. The molecule has 4 aliphatic rings. The second kappa shape index (κ2) is 10.9. The quantitative estimate of drug-likeness (QED) is 0.234. The highest BCUT2D eigenvalue weighted by atomic mass is 28.4. The molecule has 3 fully saturated rings. The van der Waals surface area contributed by atoms with Gasteiger partial charge in [0.1, 0.15) is 11.4 Å². The molecule has 0 saturated heterocycles.